The number of halogens is 3. The number of benzene rings is 2. The Hall–Kier alpha value is -1.17. The number of rotatable bonds is 5. The molecule has 0 saturated heterocycles. The zero-order valence-corrected chi connectivity index (χ0v) is 14.9. The number of nitrogens with one attached hydrogen (secondary N) is 2. The SMILES string of the molecule is Fc1cc(Br)ccc1NC(=S)NCCCc1ccccc1Cl. The number of thiocarbonyl (C=S) groups is 1. The van der Waals surface area contributed by atoms with Crippen LogP contribution in [0.5, 0.6) is 0 Å². The maximum absolute atomic E-state index is 13.7. The van der Waals surface area contributed by atoms with Gasteiger partial charge < -0.3 is 10.6 Å². The summed E-state index contributed by atoms with van der Waals surface area (Å²) in [5, 5.41) is 7.09. The number of aryl methyl sites for hydroxylation is 1. The van der Waals surface area contributed by atoms with E-state index in [9.17, 15) is 4.39 Å². The van der Waals surface area contributed by atoms with Crippen LogP contribution in [0.4, 0.5) is 10.1 Å². The lowest BCUT2D eigenvalue weighted by Crippen LogP contribution is -2.29. The standard InChI is InChI=1S/C16H15BrClFN2S/c17-12-7-8-15(14(19)10-12)21-16(22)20-9-3-5-11-4-1-2-6-13(11)18/h1-2,4,6-8,10H,3,5,9H2,(H2,20,21,22). The van der Waals surface area contributed by atoms with Crippen molar-refractivity contribution in [1.29, 1.82) is 0 Å². The average Bonchev–Trinajstić information content (AvgIpc) is 2.48. The molecule has 2 N–H and O–H groups in total. The van der Waals surface area contributed by atoms with Crippen molar-refractivity contribution >= 4 is 50.5 Å². The third kappa shape index (κ3) is 5.23. The lowest BCUT2D eigenvalue weighted by atomic mass is 10.1. The highest BCUT2D eigenvalue weighted by Crippen LogP contribution is 2.19. The molecule has 0 radical (unpaired) electrons. The fourth-order valence-corrected chi connectivity index (χ4v) is 2.71. The highest BCUT2D eigenvalue weighted by Gasteiger charge is 2.04. The van der Waals surface area contributed by atoms with Crippen LogP contribution in [0.2, 0.25) is 5.02 Å². The normalized spacial score (nSPS) is 10.3. The second-order valence-electron chi connectivity index (χ2n) is 4.70. The summed E-state index contributed by atoms with van der Waals surface area (Å²) in [6, 6.07) is 12.6. The Labute approximate surface area is 148 Å². The summed E-state index contributed by atoms with van der Waals surface area (Å²) in [7, 11) is 0. The molecule has 0 bridgehead atoms. The maximum atomic E-state index is 13.7. The van der Waals surface area contributed by atoms with Gasteiger partial charge in [-0.05, 0) is 54.9 Å². The summed E-state index contributed by atoms with van der Waals surface area (Å²) in [5.74, 6) is -0.352. The van der Waals surface area contributed by atoms with Crippen molar-refractivity contribution in [2.24, 2.45) is 0 Å². The second kappa shape index (κ2) is 8.46. The first-order valence-corrected chi connectivity index (χ1v) is 8.37. The first kappa shape index (κ1) is 17.2. The second-order valence-corrected chi connectivity index (χ2v) is 6.43. The number of hydrogen-bond acceptors (Lipinski definition) is 1. The van der Waals surface area contributed by atoms with E-state index in [4.69, 9.17) is 23.8 Å². The van der Waals surface area contributed by atoms with Crippen LogP contribution in [0.15, 0.2) is 46.9 Å². The quantitative estimate of drug-likeness (QED) is 0.534. The first-order chi connectivity index (χ1) is 10.6. The van der Waals surface area contributed by atoms with Crippen LogP contribution in [-0.2, 0) is 6.42 Å². The zero-order chi connectivity index (χ0) is 15.9. The van der Waals surface area contributed by atoms with Crippen LogP contribution < -0.4 is 10.6 Å². The van der Waals surface area contributed by atoms with Crippen LogP contribution in [0.3, 0.4) is 0 Å². The molecule has 0 unspecified atom stereocenters. The first-order valence-electron chi connectivity index (χ1n) is 6.79. The molecule has 0 fully saturated rings. The van der Waals surface area contributed by atoms with Crippen LogP contribution >= 0.6 is 39.7 Å². The Morgan fingerprint density at radius 2 is 2.00 bits per heavy atom. The van der Waals surface area contributed by atoms with E-state index in [0.29, 0.717) is 21.8 Å². The summed E-state index contributed by atoms with van der Waals surface area (Å²) < 4.78 is 14.4. The molecule has 0 aromatic heterocycles. The molecule has 0 amide bonds. The van der Waals surface area contributed by atoms with Gasteiger partial charge in [-0.3, -0.25) is 0 Å². The van der Waals surface area contributed by atoms with Gasteiger partial charge in [0.15, 0.2) is 5.11 Å². The van der Waals surface area contributed by atoms with E-state index in [1.165, 1.54) is 6.07 Å². The van der Waals surface area contributed by atoms with Gasteiger partial charge in [-0.1, -0.05) is 45.7 Å². The highest BCUT2D eigenvalue weighted by atomic mass is 79.9. The minimum atomic E-state index is -0.352. The van der Waals surface area contributed by atoms with Crippen molar-refractivity contribution in [3.63, 3.8) is 0 Å². The van der Waals surface area contributed by atoms with Crippen molar-refractivity contribution in [2.75, 3.05) is 11.9 Å². The molecule has 6 heteroatoms. The monoisotopic (exact) mass is 400 g/mol. The molecule has 0 aliphatic carbocycles. The van der Waals surface area contributed by atoms with E-state index in [-0.39, 0.29) is 5.82 Å². The minimum absolute atomic E-state index is 0.352. The lowest BCUT2D eigenvalue weighted by Gasteiger charge is -2.11. The van der Waals surface area contributed by atoms with Gasteiger partial charge in [-0.15, -0.1) is 0 Å². The summed E-state index contributed by atoms with van der Waals surface area (Å²) in [6.45, 7) is 0.690. The van der Waals surface area contributed by atoms with Crippen molar-refractivity contribution < 1.29 is 4.39 Å². The van der Waals surface area contributed by atoms with Crippen molar-refractivity contribution in [3.05, 3.63) is 63.3 Å². The van der Waals surface area contributed by atoms with Crippen LogP contribution in [0, 0.1) is 5.82 Å². The van der Waals surface area contributed by atoms with E-state index >= 15 is 0 Å². The highest BCUT2D eigenvalue weighted by molar-refractivity contribution is 9.10. The Morgan fingerprint density at radius 3 is 2.73 bits per heavy atom. The lowest BCUT2D eigenvalue weighted by molar-refractivity contribution is 0.631. The molecule has 22 heavy (non-hydrogen) atoms. The fourth-order valence-electron chi connectivity index (χ4n) is 1.94. The van der Waals surface area contributed by atoms with E-state index in [0.717, 1.165) is 23.4 Å². The minimum Gasteiger partial charge on any atom is -0.362 e. The average molecular weight is 402 g/mol. The molecule has 2 nitrogen and oxygen atoms in total. The third-order valence-corrected chi connectivity index (χ3v) is 4.15. The van der Waals surface area contributed by atoms with E-state index in [1.54, 1.807) is 12.1 Å². The predicted octanol–water partition coefficient (Wildman–Crippen LogP) is 5.16. The summed E-state index contributed by atoms with van der Waals surface area (Å²) in [5.41, 5.74) is 1.47. The molecule has 0 atom stereocenters. The molecule has 2 rings (SSSR count). The van der Waals surface area contributed by atoms with Gasteiger partial charge >= 0.3 is 0 Å². The fraction of sp³-hybridized carbons (Fsp3) is 0.188. The summed E-state index contributed by atoms with van der Waals surface area (Å²) in [4.78, 5) is 0. The predicted molar refractivity (Wildman–Crippen MR) is 98.1 cm³/mol. The topological polar surface area (TPSA) is 24.1 Å². The third-order valence-electron chi connectivity index (χ3n) is 3.05. The molecule has 116 valence electrons. The smallest absolute Gasteiger partial charge is 0.170 e. The Bertz CT molecular complexity index is 666. The van der Waals surface area contributed by atoms with Gasteiger partial charge in [-0.25, -0.2) is 4.39 Å². The van der Waals surface area contributed by atoms with Crippen molar-refractivity contribution in [2.45, 2.75) is 12.8 Å². The maximum Gasteiger partial charge on any atom is 0.170 e. The van der Waals surface area contributed by atoms with Crippen LogP contribution in [0.25, 0.3) is 0 Å². The van der Waals surface area contributed by atoms with E-state index in [2.05, 4.69) is 26.6 Å². The van der Waals surface area contributed by atoms with Gasteiger partial charge in [0.05, 0.1) is 5.69 Å². The molecular formula is C16H15BrClFN2S. The van der Waals surface area contributed by atoms with Gasteiger partial charge in [0.2, 0.25) is 0 Å². The van der Waals surface area contributed by atoms with Crippen molar-refractivity contribution in [3.8, 4) is 0 Å². The van der Waals surface area contributed by atoms with Crippen molar-refractivity contribution in [1.82, 2.24) is 5.32 Å². The molecule has 0 spiro atoms. The molecular weight excluding hydrogens is 387 g/mol. The largest absolute Gasteiger partial charge is 0.362 e. The van der Waals surface area contributed by atoms with Gasteiger partial charge in [0.25, 0.3) is 0 Å². The van der Waals surface area contributed by atoms with Crippen LogP contribution in [-0.4, -0.2) is 11.7 Å². The molecule has 0 aliphatic rings. The molecule has 2 aromatic carbocycles. The van der Waals surface area contributed by atoms with Crippen LogP contribution in [0.1, 0.15) is 12.0 Å². The van der Waals surface area contributed by atoms with E-state index < -0.39 is 0 Å². The van der Waals surface area contributed by atoms with Gasteiger partial charge in [-0.2, -0.15) is 0 Å². The number of anilines is 1. The number of hydrogen-bond donors (Lipinski definition) is 2. The van der Waals surface area contributed by atoms with Gasteiger partial charge in [0.1, 0.15) is 5.82 Å². The summed E-state index contributed by atoms with van der Waals surface area (Å²) in [6.07, 6.45) is 1.75. The Kier molecular flexibility index (Phi) is 6.61. The van der Waals surface area contributed by atoms with Gasteiger partial charge in [0, 0.05) is 16.0 Å². The Balaban J connectivity index is 1.75. The molecule has 2 aromatic rings. The Morgan fingerprint density at radius 1 is 1.23 bits per heavy atom. The zero-order valence-electron chi connectivity index (χ0n) is 11.7. The molecule has 0 heterocycles. The molecule has 0 saturated carbocycles. The summed E-state index contributed by atoms with van der Waals surface area (Å²) >= 11 is 14.5. The molecule has 0 aliphatic heterocycles. The van der Waals surface area contributed by atoms with E-state index in [1.807, 2.05) is 24.3 Å².